The second-order valence-corrected chi connectivity index (χ2v) is 3.86. The lowest BCUT2D eigenvalue weighted by molar-refractivity contribution is -0.144. The van der Waals surface area contributed by atoms with Gasteiger partial charge in [0.15, 0.2) is 0 Å². The monoisotopic (exact) mass is 229 g/mol. The zero-order chi connectivity index (χ0) is 12.1. The van der Waals surface area contributed by atoms with Crippen LogP contribution in [0.25, 0.3) is 0 Å². The summed E-state index contributed by atoms with van der Waals surface area (Å²) in [6, 6.07) is 13.4. The van der Waals surface area contributed by atoms with Crippen LogP contribution in [0.4, 0.5) is 0 Å². The van der Waals surface area contributed by atoms with Gasteiger partial charge in [0.1, 0.15) is 6.04 Å². The van der Waals surface area contributed by atoms with Crippen LogP contribution < -0.4 is 0 Å². The third-order valence-electron chi connectivity index (χ3n) is 2.73. The van der Waals surface area contributed by atoms with Gasteiger partial charge in [0.25, 0.3) is 0 Å². The Bertz CT molecular complexity index is 462. The van der Waals surface area contributed by atoms with E-state index in [1.165, 1.54) is 7.11 Å². The van der Waals surface area contributed by atoms with E-state index < -0.39 is 0 Å². The molecule has 0 fully saturated rings. The zero-order valence-electron chi connectivity index (χ0n) is 9.74. The third kappa shape index (κ3) is 2.75. The highest BCUT2D eigenvalue weighted by Crippen LogP contribution is 2.16. The Morgan fingerprint density at radius 3 is 2.41 bits per heavy atom. The summed E-state index contributed by atoms with van der Waals surface area (Å²) in [4.78, 5) is 11.8. The minimum Gasteiger partial charge on any atom is -0.467 e. The summed E-state index contributed by atoms with van der Waals surface area (Å²) >= 11 is 0. The molecule has 0 radical (unpaired) electrons. The van der Waals surface area contributed by atoms with Crippen LogP contribution in [0.3, 0.4) is 0 Å². The Balaban J connectivity index is 2.20. The predicted octanol–water partition coefficient (Wildman–Crippen LogP) is 2.44. The summed E-state index contributed by atoms with van der Waals surface area (Å²) in [6.07, 6.45) is 4.40. The number of hydrogen-bond donors (Lipinski definition) is 0. The summed E-state index contributed by atoms with van der Waals surface area (Å²) in [5.41, 5.74) is 1.12. The fourth-order valence-corrected chi connectivity index (χ4v) is 1.84. The third-order valence-corrected chi connectivity index (χ3v) is 2.73. The molecule has 0 saturated heterocycles. The molecule has 1 unspecified atom stereocenters. The second-order valence-electron chi connectivity index (χ2n) is 3.86. The van der Waals surface area contributed by atoms with E-state index in [1.807, 2.05) is 59.4 Å². The molecule has 0 aliphatic rings. The first-order valence-corrected chi connectivity index (χ1v) is 5.55. The molecule has 2 aromatic rings. The SMILES string of the molecule is COC(=O)C(Cc1ccccc1)n1cccc1. The van der Waals surface area contributed by atoms with Crippen LogP contribution in [-0.4, -0.2) is 17.6 Å². The van der Waals surface area contributed by atoms with Gasteiger partial charge in [0, 0.05) is 18.8 Å². The number of ether oxygens (including phenoxy) is 1. The molecule has 1 aromatic carbocycles. The van der Waals surface area contributed by atoms with Gasteiger partial charge in [-0.05, 0) is 17.7 Å². The number of rotatable bonds is 4. The highest BCUT2D eigenvalue weighted by atomic mass is 16.5. The van der Waals surface area contributed by atoms with E-state index in [4.69, 9.17) is 4.74 Å². The molecule has 0 amide bonds. The van der Waals surface area contributed by atoms with Crippen molar-refractivity contribution in [3.05, 3.63) is 60.4 Å². The van der Waals surface area contributed by atoms with E-state index in [-0.39, 0.29) is 12.0 Å². The largest absolute Gasteiger partial charge is 0.467 e. The van der Waals surface area contributed by atoms with Gasteiger partial charge >= 0.3 is 5.97 Å². The number of aromatic nitrogens is 1. The predicted molar refractivity (Wildman–Crippen MR) is 65.6 cm³/mol. The first-order valence-electron chi connectivity index (χ1n) is 5.55. The van der Waals surface area contributed by atoms with Gasteiger partial charge < -0.3 is 9.30 Å². The van der Waals surface area contributed by atoms with Crippen molar-refractivity contribution in [1.29, 1.82) is 0 Å². The van der Waals surface area contributed by atoms with Gasteiger partial charge in [-0.3, -0.25) is 0 Å². The molecule has 0 spiro atoms. The number of esters is 1. The number of hydrogen-bond acceptors (Lipinski definition) is 2. The molecule has 0 aliphatic heterocycles. The molecule has 3 heteroatoms. The highest BCUT2D eigenvalue weighted by molar-refractivity contribution is 5.74. The quantitative estimate of drug-likeness (QED) is 0.754. The average molecular weight is 229 g/mol. The van der Waals surface area contributed by atoms with Gasteiger partial charge in [-0.15, -0.1) is 0 Å². The highest BCUT2D eigenvalue weighted by Gasteiger charge is 2.20. The lowest BCUT2D eigenvalue weighted by atomic mass is 10.1. The topological polar surface area (TPSA) is 31.2 Å². The maximum Gasteiger partial charge on any atom is 0.329 e. The average Bonchev–Trinajstić information content (AvgIpc) is 2.90. The van der Waals surface area contributed by atoms with Gasteiger partial charge in [-0.1, -0.05) is 30.3 Å². The Morgan fingerprint density at radius 2 is 1.82 bits per heavy atom. The standard InChI is InChI=1S/C14H15NO2/c1-17-14(16)13(15-9-5-6-10-15)11-12-7-3-2-4-8-12/h2-10,13H,11H2,1H3. The minimum absolute atomic E-state index is 0.218. The Kier molecular flexibility index (Phi) is 3.60. The number of benzene rings is 1. The van der Waals surface area contributed by atoms with E-state index >= 15 is 0 Å². The molecule has 17 heavy (non-hydrogen) atoms. The molecule has 3 nitrogen and oxygen atoms in total. The smallest absolute Gasteiger partial charge is 0.329 e. The number of methoxy groups -OCH3 is 1. The molecule has 1 aromatic heterocycles. The molecule has 1 heterocycles. The summed E-state index contributed by atoms with van der Waals surface area (Å²) in [6.45, 7) is 0. The molecule has 2 rings (SSSR count). The maximum absolute atomic E-state index is 11.8. The molecular formula is C14H15NO2. The van der Waals surface area contributed by atoms with E-state index in [2.05, 4.69) is 0 Å². The minimum atomic E-state index is -0.294. The summed E-state index contributed by atoms with van der Waals surface area (Å²) in [5, 5.41) is 0. The fourth-order valence-electron chi connectivity index (χ4n) is 1.84. The van der Waals surface area contributed by atoms with Crippen molar-refractivity contribution in [1.82, 2.24) is 4.57 Å². The molecule has 88 valence electrons. The van der Waals surface area contributed by atoms with Crippen molar-refractivity contribution in [3.8, 4) is 0 Å². The van der Waals surface area contributed by atoms with E-state index in [1.54, 1.807) is 0 Å². The second kappa shape index (κ2) is 5.34. The Hall–Kier alpha value is -2.03. The van der Waals surface area contributed by atoms with Gasteiger partial charge in [0.2, 0.25) is 0 Å². The van der Waals surface area contributed by atoms with Gasteiger partial charge in [-0.25, -0.2) is 4.79 Å². The van der Waals surface area contributed by atoms with Crippen LogP contribution in [-0.2, 0) is 16.0 Å². The normalized spacial score (nSPS) is 12.1. The number of nitrogens with zero attached hydrogens (tertiary/aromatic N) is 1. The fraction of sp³-hybridized carbons (Fsp3) is 0.214. The van der Waals surface area contributed by atoms with Crippen LogP contribution in [0.2, 0.25) is 0 Å². The summed E-state index contributed by atoms with van der Waals surface area (Å²) < 4.78 is 6.72. The van der Waals surface area contributed by atoms with E-state index in [0.717, 1.165) is 5.56 Å². The zero-order valence-corrected chi connectivity index (χ0v) is 9.74. The Morgan fingerprint density at radius 1 is 1.18 bits per heavy atom. The van der Waals surface area contributed by atoms with Crippen molar-refractivity contribution in [2.45, 2.75) is 12.5 Å². The summed E-state index contributed by atoms with van der Waals surface area (Å²) in [5.74, 6) is -0.218. The van der Waals surface area contributed by atoms with E-state index in [9.17, 15) is 4.79 Å². The summed E-state index contributed by atoms with van der Waals surface area (Å²) in [7, 11) is 1.42. The lowest BCUT2D eigenvalue weighted by Crippen LogP contribution is -2.22. The molecule has 1 atom stereocenters. The van der Waals surface area contributed by atoms with Crippen molar-refractivity contribution in [2.24, 2.45) is 0 Å². The molecule has 0 saturated carbocycles. The molecular weight excluding hydrogens is 214 g/mol. The lowest BCUT2D eigenvalue weighted by Gasteiger charge is -2.16. The first kappa shape index (κ1) is 11.5. The van der Waals surface area contributed by atoms with Crippen LogP contribution in [0.15, 0.2) is 54.9 Å². The maximum atomic E-state index is 11.8. The van der Waals surface area contributed by atoms with Gasteiger partial charge in [-0.2, -0.15) is 0 Å². The van der Waals surface area contributed by atoms with Gasteiger partial charge in [0.05, 0.1) is 7.11 Å². The van der Waals surface area contributed by atoms with Crippen molar-refractivity contribution in [2.75, 3.05) is 7.11 Å². The Labute approximate surface area is 101 Å². The molecule has 0 N–H and O–H groups in total. The number of carbonyl (C=O) groups excluding carboxylic acids is 1. The van der Waals surface area contributed by atoms with E-state index in [0.29, 0.717) is 6.42 Å². The van der Waals surface area contributed by atoms with Crippen molar-refractivity contribution in [3.63, 3.8) is 0 Å². The van der Waals surface area contributed by atoms with Crippen molar-refractivity contribution >= 4 is 5.97 Å². The van der Waals surface area contributed by atoms with Crippen LogP contribution >= 0.6 is 0 Å². The number of carbonyl (C=O) groups is 1. The van der Waals surface area contributed by atoms with Crippen LogP contribution in [0.1, 0.15) is 11.6 Å². The van der Waals surface area contributed by atoms with Crippen LogP contribution in [0, 0.1) is 0 Å². The first-order chi connectivity index (χ1) is 8.31. The van der Waals surface area contributed by atoms with Crippen molar-refractivity contribution < 1.29 is 9.53 Å². The molecule has 0 bridgehead atoms. The molecule has 0 aliphatic carbocycles. The van der Waals surface area contributed by atoms with Crippen LogP contribution in [0.5, 0.6) is 0 Å².